The third kappa shape index (κ3) is 6.95. The van der Waals surface area contributed by atoms with Gasteiger partial charge in [0.1, 0.15) is 0 Å². The smallest absolute Gasteiger partial charge is 0.305 e. The molecule has 0 radical (unpaired) electrons. The molecule has 0 aromatic heterocycles. The second kappa shape index (κ2) is 9.61. The van der Waals surface area contributed by atoms with Crippen molar-refractivity contribution in [2.24, 2.45) is 0 Å². The lowest BCUT2D eigenvalue weighted by Gasteiger charge is -2.26. The number of likely N-dealkylation sites (N-methyl/N-ethyl adjacent to an activating group) is 1. The summed E-state index contributed by atoms with van der Waals surface area (Å²) in [5.41, 5.74) is 1.10. The third-order valence-corrected chi connectivity index (χ3v) is 3.61. The van der Waals surface area contributed by atoms with E-state index in [0.717, 1.165) is 5.56 Å². The average molecular weight is 320 g/mol. The molecule has 23 heavy (non-hydrogen) atoms. The zero-order chi connectivity index (χ0) is 17.2. The van der Waals surface area contributed by atoms with Gasteiger partial charge in [-0.3, -0.25) is 14.4 Å². The molecular weight excluding hydrogens is 296 g/mol. The van der Waals surface area contributed by atoms with Crippen molar-refractivity contribution in [1.82, 2.24) is 9.80 Å². The summed E-state index contributed by atoms with van der Waals surface area (Å²) in [5, 5.41) is 8.72. The maximum atomic E-state index is 12.3. The maximum absolute atomic E-state index is 12.3. The molecule has 0 heterocycles. The molecule has 0 atom stereocenters. The second-order valence-electron chi connectivity index (χ2n) is 5.29. The van der Waals surface area contributed by atoms with Crippen molar-refractivity contribution in [3.05, 3.63) is 35.9 Å². The van der Waals surface area contributed by atoms with E-state index in [2.05, 4.69) is 0 Å². The Morgan fingerprint density at radius 3 is 2.22 bits per heavy atom. The van der Waals surface area contributed by atoms with E-state index >= 15 is 0 Å². The van der Waals surface area contributed by atoms with Crippen LogP contribution >= 0.6 is 0 Å². The van der Waals surface area contributed by atoms with E-state index in [0.29, 0.717) is 19.5 Å². The van der Waals surface area contributed by atoms with Gasteiger partial charge in [0.15, 0.2) is 0 Å². The molecule has 0 aliphatic carbocycles. The van der Waals surface area contributed by atoms with Crippen LogP contribution in [0.4, 0.5) is 0 Å². The minimum absolute atomic E-state index is 0.0182. The molecule has 6 nitrogen and oxygen atoms in total. The summed E-state index contributed by atoms with van der Waals surface area (Å²) in [4.78, 5) is 37.6. The van der Waals surface area contributed by atoms with E-state index in [1.54, 1.807) is 6.92 Å². The van der Waals surface area contributed by atoms with Gasteiger partial charge in [0, 0.05) is 26.6 Å². The number of carboxylic acids is 1. The second-order valence-corrected chi connectivity index (χ2v) is 5.29. The monoisotopic (exact) mass is 320 g/mol. The number of carboxylic acid groups (broad SMARTS) is 1. The normalized spacial score (nSPS) is 10.2. The number of amides is 2. The molecule has 1 aromatic carbocycles. The fourth-order valence-electron chi connectivity index (χ4n) is 2.21. The number of nitrogens with zero attached hydrogens (tertiary/aromatic N) is 2. The van der Waals surface area contributed by atoms with Gasteiger partial charge in [-0.25, -0.2) is 0 Å². The van der Waals surface area contributed by atoms with Crippen LogP contribution in [-0.2, 0) is 20.8 Å². The van der Waals surface area contributed by atoms with Crippen molar-refractivity contribution in [3.8, 4) is 0 Å². The number of carbonyl (C=O) groups is 3. The van der Waals surface area contributed by atoms with Crippen LogP contribution in [0.2, 0.25) is 0 Å². The van der Waals surface area contributed by atoms with Crippen molar-refractivity contribution in [1.29, 1.82) is 0 Å². The number of carbonyl (C=O) groups excluding carboxylic acids is 2. The lowest BCUT2D eigenvalue weighted by Crippen LogP contribution is -2.43. The van der Waals surface area contributed by atoms with Gasteiger partial charge >= 0.3 is 5.97 Å². The first-order chi connectivity index (χ1) is 10.9. The van der Waals surface area contributed by atoms with Crippen molar-refractivity contribution >= 4 is 17.8 Å². The van der Waals surface area contributed by atoms with E-state index in [4.69, 9.17) is 5.11 Å². The molecule has 0 saturated heterocycles. The Bertz CT molecular complexity index is 531. The average Bonchev–Trinajstić information content (AvgIpc) is 2.52. The van der Waals surface area contributed by atoms with Crippen molar-refractivity contribution in [2.75, 3.05) is 26.2 Å². The summed E-state index contributed by atoms with van der Waals surface area (Å²) in [6.45, 7) is 4.26. The summed E-state index contributed by atoms with van der Waals surface area (Å²) in [5.74, 6) is -1.33. The molecule has 0 unspecified atom stereocenters. The SMILES string of the molecule is CCN(CCC(=O)O)C(=O)CN(CCc1ccccc1)C(C)=O. The number of benzene rings is 1. The molecule has 6 heteroatoms. The Balaban J connectivity index is 2.58. The number of hydrogen-bond acceptors (Lipinski definition) is 3. The number of rotatable bonds is 9. The highest BCUT2D eigenvalue weighted by Crippen LogP contribution is 2.03. The van der Waals surface area contributed by atoms with Crippen LogP contribution in [0.5, 0.6) is 0 Å². The van der Waals surface area contributed by atoms with Gasteiger partial charge in [-0.15, -0.1) is 0 Å². The zero-order valence-corrected chi connectivity index (χ0v) is 13.7. The van der Waals surface area contributed by atoms with Crippen LogP contribution in [0.25, 0.3) is 0 Å². The summed E-state index contributed by atoms with van der Waals surface area (Å²) in [6, 6.07) is 9.75. The molecule has 0 spiro atoms. The van der Waals surface area contributed by atoms with Gasteiger partial charge in [-0.05, 0) is 18.9 Å². The van der Waals surface area contributed by atoms with Gasteiger partial charge < -0.3 is 14.9 Å². The van der Waals surface area contributed by atoms with Gasteiger partial charge in [-0.2, -0.15) is 0 Å². The Kier molecular flexibility index (Phi) is 7.80. The molecule has 0 saturated carbocycles. The summed E-state index contributed by atoms with van der Waals surface area (Å²) >= 11 is 0. The molecule has 0 aliphatic rings. The van der Waals surface area contributed by atoms with Gasteiger partial charge in [0.2, 0.25) is 11.8 Å². The fraction of sp³-hybridized carbons (Fsp3) is 0.471. The van der Waals surface area contributed by atoms with Crippen LogP contribution in [0.3, 0.4) is 0 Å². The molecule has 1 aromatic rings. The topological polar surface area (TPSA) is 77.9 Å². The van der Waals surface area contributed by atoms with E-state index < -0.39 is 5.97 Å². The maximum Gasteiger partial charge on any atom is 0.305 e. The molecule has 1 rings (SSSR count). The predicted molar refractivity (Wildman–Crippen MR) is 86.9 cm³/mol. The largest absolute Gasteiger partial charge is 0.481 e. The van der Waals surface area contributed by atoms with Crippen LogP contribution in [0.1, 0.15) is 25.8 Å². The van der Waals surface area contributed by atoms with Crippen LogP contribution in [0.15, 0.2) is 30.3 Å². The van der Waals surface area contributed by atoms with E-state index in [1.807, 2.05) is 30.3 Å². The summed E-state index contributed by atoms with van der Waals surface area (Å²) in [6.07, 6.45) is 0.582. The molecular formula is C17H24N2O4. The lowest BCUT2D eigenvalue weighted by atomic mass is 10.1. The number of aliphatic carboxylic acids is 1. The van der Waals surface area contributed by atoms with E-state index in [9.17, 15) is 14.4 Å². The Morgan fingerprint density at radius 1 is 1.04 bits per heavy atom. The summed E-state index contributed by atoms with van der Waals surface area (Å²) in [7, 11) is 0. The third-order valence-electron chi connectivity index (χ3n) is 3.61. The van der Waals surface area contributed by atoms with Gasteiger partial charge in [-0.1, -0.05) is 30.3 Å². The first-order valence-corrected chi connectivity index (χ1v) is 7.73. The van der Waals surface area contributed by atoms with E-state index in [1.165, 1.54) is 16.7 Å². The van der Waals surface area contributed by atoms with Crippen molar-refractivity contribution < 1.29 is 19.5 Å². The molecule has 0 fully saturated rings. The van der Waals surface area contributed by atoms with E-state index in [-0.39, 0.29) is 31.3 Å². The standard InChI is InChI=1S/C17H24N2O4/c1-3-18(12-10-17(22)23)16(21)13-19(14(2)20)11-9-15-7-5-4-6-8-15/h4-8H,3,9-13H2,1-2H3,(H,22,23). The molecule has 126 valence electrons. The van der Waals surface area contributed by atoms with Gasteiger partial charge in [0.25, 0.3) is 0 Å². The highest BCUT2D eigenvalue weighted by atomic mass is 16.4. The molecule has 1 N–H and O–H groups in total. The fourth-order valence-corrected chi connectivity index (χ4v) is 2.21. The number of hydrogen-bond donors (Lipinski definition) is 1. The Hall–Kier alpha value is -2.37. The van der Waals surface area contributed by atoms with Gasteiger partial charge in [0.05, 0.1) is 13.0 Å². The lowest BCUT2D eigenvalue weighted by molar-refractivity contribution is -0.141. The van der Waals surface area contributed by atoms with Crippen molar-refractivity contribution in [3.63, 3.8) is 0 Å². The Labute approximate surface area is 136 Å². The minimum Gasteiger partial charge on any atom is -0.481 e. The highest BCUT2D eigenvalue weighted by molar-refractivity contribution is 5.84. The first kappa shape index (κ1) is 18.7. The minimum atomic E-state index is -0.941. The molecule has 0 bridgehead atoms. The predicted octanol–water partition coefficient (Wildman–Crippen LogP) is 1.40. The zero-order valence-electron chi connectivity index (χ0n) is 13.7. The van der Waals surface area contributed by atoms with Crippen LogP contribution < -0.4 is 0 Å². The molecule has 2 amide bonds. The van der Waals surface area contributed by atoms with Crippen LogP contribution in [-0.4, -0.2) is 58.9 Å². The summed E-state index contributed by atoms with van der Waals surface area (Å²) < 4.78 is 0. The highest BCUT2D eigenvalue weighted by Gasteiger charge is 2.18. The quantitative estimate of drug-likeness (QED) is 0.746. The Morgan fingerprint density at radius 2 is 1.70 bits per heavy atom. The van der Waals surface area contributed by atoms with Crippen LogP contribution in [0, 0.1) is 0 Å². The first-order valence-electron chi connectivity index (χ1n) is 7.73. The van der Waals surface area contributed by atoms with Crippen molar-refractivity contribution in [2.45, 2.75) is 26.7 Å². The molecule has 0 aliphatic heterocycles.